The van der Waals surface area contributed by atoms with Crippen LogP contribution in [0.15, 0.2) is 18.2 Å². The second-order valence-corrected chi connectivity index (χ2v) is 4.56. The number of alkyl halides is 3. The lowest BCUT2D eigenvalue weighted by Crippen LogP contribution is -2.35. The van der Waals surface area contributed by atoms with Gasteiger partial charge in [0.15, 0.2) is 0 Å². The molecule has 2 nitrogen and oxygen atoms in total. The van der Waals surface area contributed by atoms with E-state index in [2.05, 4.69) is 0 Å². The van der Waals surface area contributed by atoms with Crippen LogP contribution < -0.4 is 10.6 Å². The second kappa shape index (κ2) is 6.23. The van der Waals surface area contributed by atoms with E-state index in [1.807, 2.05) is 0 Å². The molecular weight excluding hydrogens is 260 g/mol. The normalized spacial score (nSPS) is 13.4. The maximum atomic E-state index is 13.9. The molecule has 1 unspecified atom stereocenters. The number of hydrogen-bond donors (Lipinski definition) is 1. The van der Waals surface area contributed by atoms with Gasteiger partial charge in [0, 0.05) is 12.6 Å². The molecular formula is C13H18F4N2. The number of nitrogens with zero attached hydrogens (tertiary/aromatic N) is 1. The summed E-state index contributed by atoms with van der Waals surface area (Å²) in [6, 6.07) is 4.02. The highest BCUT2D eigenvalue weighted by Gasteiger charge is 2.32. The lowest BCUT2D eigenvalue weighted by atomic mass is 10.0. The summed E-state index contributed by atoms with van der Waals surface area (Å²) in [6.07, 6.45) is -4.04. The fraction of sp³-hybridized carbons (Fsp3) is 0.538. The van der Waals surface area contributed by atoms with E-state index < -0.39 is 18.5 Å². The molecule has 0 aliphatic carbocycles. The number of benzene rings is 1. The summed E-state index contributed by atoms with van der Waals surface area (Å²) in [7, 11) is 0. The molecule has 19 heavy (non-hydrogen) atoms. The Morgan fingerprint density at radius 3 is 2.42 bits per heavy atom. The predicted molar refractivity (Wildman–Crippen MR) is 67.7 cm³/mol. The smallest absolute Gasteiger partial charge is 0.360 e. The number of para-hydroxylation sites is 1. The molecule has 0 heterocycles. The summed E-state index contributed by atoms with van der Waals surface area (Å²) < 4.78 is 51.4. The van der Waals surface area contributed by atoms with Crippen molar-refractivity contribution in [2.75, 3.05) is 18.0 Å². The van der Waals surface area contributed by atoms with Crippen LogP contribution in [0.4, 0.5) is 23.2 Å². The van der Waals surface area contributed by atoms with Crippen molar-refractivity contribution in [3.63, 3.8) is 0 Å². The van der Waals surface area contributed by atoms with Gasteiger partial charge in [-0.2, -0.15) is 13.2 Å². The van der Waals surface area contributed by atoms with Gasteiger partial charge in [-0.3, -0.25) is 0 Å². The van der Waals surface area contributed by atoms with Gasteiger partial charge in [-0.25, -0.2) is 4.39 Å². The van der Waals surface area contributed by atoms with Crippen LogP contribution in [0.3, 0.4) is 0 Å². The minimum atomic E-state index is -4.37. The molecule has 0 spiro atoms. The van der Waals surface area contributed by atoms with Crippen molar-refractivity contribution in [1.29, 1.82) is 0 Å². The molecule has 0 radical (unpaired) electrons. The lowest BCUT2D eigenvalue weighted by Gasteiger charge is -2.27. The molecule has 6 heteroatoms. The zero-order chi connectivity index (χ0) is 14.6. The molecule has 0 aliphatic rings. The molecule has 0 saturated carbocycles. The number of hydrogen-bond acceptors (Lipinski definition) is 2. The van der Waals surface area contributed by atoms with Crippen LogP contribution in [0.1, 0.15) is 19.4 Å². The molecule has 108 valence electrons. The highest BCUT2D eigenvalue weighted by molar-refractivity contribution is 5.55. The van der Waals surface area contributed by atoms with E-state index in [9.17, 15) is 17.6 Å². The van der Waals surface area contributed by atoms with Gasteiger partial charge in [-0.05, 0) is 31.9 Å². The molecule has 2 N–H and O–H groups in total. The van der Waals surface area contributed by atoms with Gasteiger partial charge < -0.3 is 10.6 Å². The molecule has 0 aliphatic heterocycles. The third kappa shape index (κ3) is 4.70. The quantitative estimate of drug-likeness (QED) is 0.839. The van der Waals surface area contributed by atoms with Crippen molar-refractivity contribution in [2.45, 2.75) is 32.5 Å². The van der Waals surface area contributed by atoms with Gasteiger partial charge in [-0.1, -0.05) is 12.1 Å². The molecule has 1 atom stereocenters. The topological polar surface area (TPSA) is 29.3 Å². The van der Waals surface area contributed by atoms with Gasteiger partial charge in [0.25, 0.3) is 0 Å². The Morgan fingerprint density at radius 1 is 1.32 bits per heavy atom. The average Bonchev–Trinajstić information content (AvgIpc) is 2.24. The second-order valence-electron chi connectivity index (χ2n) is 4.56. The zero-order valence-electron chi connectivity index (χ0n) is 11.0. The minimum absolute atomic E-state index is 0.000347. The molecule has 1 rings (SSSR count). The van der Waals surface area contributed by atoms with E-state index in [1.165, 1.54) is 12.1 Å². The Bertz CT molecular complexity index is 416. The summed E-state index contributed by atoms with van der Waals surface area (Å²) in [6.45, 7) is 2.20. The Morgan fingerprint density at radius 2 is 1.95 bits per heavy atom. The summed E-state index contributed by atoms with van der Waals surface area (Å²) in [5, 5.41) is 0. The van der Waals surface area contributed by atoms with Crippen molar-refractivity contribution in [2.24, 2.45) is 5.73 Å². The first-order chi connectivity index (χ1) is 8.74. The van der Waals surface area contributed by atoms with Crippen molar-refractivity contribution < 1.29 is 17.6 Å². The van der Waals surface area contributed by atoms with E-state index in [-0.39, 0.29) is 18.3 Å². The minimum Gasteiger partial charge on any atom is -0.360 e. The average molecular weight is 278 g/mol. The molecule has 0 aromatic heterocycles. The Labute approximate surface area is 110 Å². The first-order valence-corrected chi connectivity index (χ1v) is 6.09. The summed E-state index contributed by atoms with van der Waals surface area (Å²) >= 11 is 0. The molecule has 0 saturated heterocycles. The Balaban J connectivity index is 3.14. The van der Waals surface area contributed by atoms with Gasteiger partial charge in [0.2, 0.25) is 0 Å². The third-order valence-corrected chi connectivity index (χ3v) is 2.68. The zero-order valence-corrected chi connectivity index (χ0v) is 11.0. The third-order valence-electron chi connectivity index (χ3n) is 2.68. The van der Waals surface area contributed by atoms with Crippen LogP contribution in [-0.2, 0) is 6.42 Å². The Hall–Kier alpha value is -1.30. The van der Waals surface area contributed by atoms with E-state index in [1.54, 1.807) is 19.9 Å². The van der Waals surface area contributed by atoms with Crippen LogP contribution in [0, 0.1) is 5.82 Å². The summed E-state index contributed by atoms with van der Waals surface area (Å²) in [4.78, 5) is 0.993. The van der Waals surface area contributed by atoms with E-state index in [0.29, 0.717) is 12.0 Å². The van der Waals surface area contributed by atoms with Gasteiger partial charge in [-0.15, -0.1) is 0 Å². The highest BCUT2D eigenvalue weighted by atomic mass is 19.4. The lowest BCUT2D eigenvalue weighted by molar-refractivity contribution is -0.119. The van der Waals surface area contributed by atoms with Crippen LogP contribution in [0.25, 0.3) is 0 Å². The Kier molecular flexibility index (Phi) is 5.17. The van der Waals surface area contributed by atoms with Crippen LogP contribution in [0.5, 0.6) is 0 Å². The van der Waals surface area contributed by atoms with Crippen molar-refractivity contribution in [3.8, 4) is 0 Å². The fourth-order valence-electron chi connectivity index (χ4n) is 1.99. The molecule has 0 fully saturated rings. The monoisotopic (exact) mass is 278 g/mol. The number of nitrogens with two attached hydrogens (primary N) is 1. The number of rotatable bonds is 5. The molecule has 1 aromatic rings. The highest BCUT2D eigenvalue weighted by Crippen LogP contribution is 2.28. The van der Waals surface area contributed by atoms with Gasteiger partial charge >= 0.3 is 6.18 Å². The van der Waals surface area contributed by atoms with Gasteiger partial charge in [0.1, 0.15) is 12.4 Å². The van der Waals surface area contributed by atoms with Crippen molar-refractivity contribution >= 4 is 5.69 Å². The van der Waals surface area contributed by atoms with Crippen LogP contribution >= 0.6 is 0 Å². The number of anilines is 1. The summed E-state index contributed by atoms with van der Waals surface area (Å²) in [5.41, 5.74) is 6.15. The first-order valence-electron chi connectivity index (χ1n) is 6.09. The standard InChI is InChI=1S/C13H18F4N2/c1-3-19(8-13(15,16)17)12-10(7-9(2)18)5-4-6-11(12)14/h4-6,9H,3,7-8,18H2,1-2H3. The largest absolute Gasteiger partial charge is 0.405 e. The van der Waals surface area contributed by atoms with Crippen molar-refractivity contribution in [1.82, 2.24) is 0 Å². The first kappa shape index (κ1) is 15.8. The SMILES string of the molecule is CCN(CC(F)(F)F)c1c(F)cccc1CC(C)N. The predicted octanol–water partition coefficient (Wildman–Crippen LogP) is 3.10. The maximum absolute atomic E-state index is 13.9. The summed E-state index contributed by atoms with van der Waals surface area (Å²) in [5.74, 6) is -0.649. The fourth-order valence-corrected chi connectivity index (χ4v) is 1.99. The van der Waals surface area contributed by atoms with Gasteiger partial charge in [0.05, 0.1) is 5.69 Å². The van der Waals surface area contributed by atoms with Crippen LogP contribution in [-0.4, -0.2) is 25.3 Å². The molecule has 0 bridgehead atoms. The molecule has 0 amide bonds. The molecule has 1 aromatic carbocycles. The van der Waals surface area contributed by atoms with Crippen LogP contribution in [0.2, 0.25) is 0 Å². The maximum Gasteiger partial charge on any atom is 0.405 e. The van der Waals surface area contributed by atoms with E-state index >= 15 is 0 Å². The number of halogens is 4. The van der Waals surface area contributed by atoms with E-state index in [0.717, 1.165) is 4.90 Å². The van der Waals surface area contributed by atoms with Crippen molar-refractivity contribution in [3.05, 3.63) is 29.6 Å². The van der Waals surface area contributed by atoms with E-state index in [4.69, 9.17) is 5.73 Å².